The molecule has 0 spiro atoms. The van der Waals surface area contributed by atoms with E-state index in [-0.39, 0.29) is 18.3 Å². The number of alkyl halides is 1. The van der Waals surface area contributed by atoms with E-state index in [9.17, 15) is 9.59 Å². The lowest BCUT2D eigenvalue weighted by Gasteiger charge is -2.05. The van der Waals surface area contributed by atoms with Gasteiger partial charge in [0.2, 0.25) is 0 Å². The molecule has 3 nitrogen and oxygen atoms in total. The van der Waals surface area contributed by atoms with Crippen molar-refractivity contribution in [2.75, 3.05) is 4.43 Å². The number of rotatable bonds is 4. The molecule has 0 heterocycles. The molecule has 0 unspecified atom stereocenters. The van der Waals surface area contributed by atoms with Crippen molar-refractivity contribution in [2.24, 2.45) is 0 Å². The monoisotopic (exact) mass is 270 g/mol. The van der Waals surface area contributed by atoms with Crippen molar-refractivity contribution in [3.8, 4) is 0 Å². The number of hydrogen-bond acceptors (Lipinski definition) is 3. The highest BCUT2D eigenvalue weighted by Gasteiger charge is 2.10. The molecular weight excluding hydrogens is 259 g/mol. The molecule has 0 saturated carbocycles. The van der Waals surface area contributed by atoms with Gasteiger partial charge in [-0.15, -0.1) is 0 Å². The smallest absolute Gasteiger partial charge is 0.313 e. The van der Waals surface area contributed by atoms with Gasteiger partial charge in [0.15, 0.2) is 5.78 Å². The lowest BCUT2D eigenvalue weighted by atomic mass is 10.3. The fourth-order valence-electron chi connectivity index (χ4n) is 0.513. The summed E-state index contributed by atoms with van der Waals surface area (Å²) in [7, 11) is 0. The molecule has 0 aromatic carbocycles. The van der Waals surface area contributed by atoms with Gasteiger partial charge in [-0.05, 0) is 13.8 Å². The summed E-state index contributed by atoms with van der Waals surface area (Å²) in [6.07, 6.45) is -0.231. The van der Waals surface area contributed by atoms with Gasteiger partial charge in [-0.2, -0.15) is 0 Å². The molecule has 4 heteroatoms. The van der Waals surface area contributed by atoms with Crippen LogP contribution in [0.15, 0.2) is 0 Å². The maximum Gasteiger partial charge on any atom is 0.313 e. The molecule has 0 fully saturated rings. The van der Waals surface area contributed by atoms with Crippen LogP contribution >= 0.6 is 22.6 Å². The Labute approximate surface area is 79.6 Å². The molecule has 0 aliphatic rings. The average molecular weight is 270 g/mol. The maximum atomic E-state index is 10.8. The zero-order valence-electron chi connectivity index (χ0n) is 6.59. The molecule has 0 aliphatic heterocycles. The predicted molar refractivity (Wildman–Crippen MR) is 49.7 cm³/mol. The first-order valence-electron chi connectivity index (χ1n) is 3.33. The first-order chi connectivity index (χ1) is 5.06. The van der Waals surface area contributed by atoms with E-state index in [0.717, 1.165) is 0 Å². The Bertz CT molecular complexity index is 154. The second kappa shape index (κ2) is 5.51. The maximum absolute atomic E-state index is 10.8. The van der Waals surface area contributed by atoms with Crippen molar-refractivity contribution in [2.45, 2.75) is 26.4 Å². The van der Waals surface area contributed by atoms with Gasteiger partial charge in [-0.25, -0.2) is 0 Å². The van der Waals surface area contributed by atoms with Crippen LogP contribution in [0.4, 0.5) is 0 Å². The van der Waals surface area contributed by atoms with Crippen molar-refractivity contribution in [3.63, 3.8) is 0 Å². The minimum Gasteiger partial charge on any atom is -0.463 e. The molecule has 0 bridgehead atoms. The Hall–Kier alpha value is -0.130. The minimum absolute atomic E-state index is 0.0868. The quantitative estimate of drug-likeness (QED) is 0.335. The Balaban J connectivity index is 3.61. The third-order valence-corrected chi connectivity index (χ3v) is 1.71. The van der Waals surface area contributed by atoms with Gasteiger partial charge in [0.05, 0.1) is 10.5 Å². The molecule has 0 radical (unpaired) electrons. The molecule has 64 valence electrons. The normalized spacial score (nSPS) is 9.82. The number of carbonyl (C=O) groups is 2. The van der Waals surface area contributed by atoms with Gasteiger partial charge in [0, 0.05) is 0 Å². The molecule has 0 aromatic heterocycles. The zero-order valence-corrected chi connectivity index (χ0v) is 8.75. The Morgan fingerprint density at radius 3 is 2.36 bits per heavy atom. The van der Waals surface area contributed by atoms with Gasteiger partial charge in [-0.1, -0.05) is 22.6 Å². The second-order valence-electron chi connectivity index (χ2n) is 2.39. The van der Waals surface area contributed by atoms with Crippen LogP contribution in [0.5, 0.6) is 0 Å². The summed E-state index contributed by atoms with van der Waals surface area (Å²) in [4.78, 5) is 21.5. The summed E-state index contributed by atoms with van der Waals surface area (Å²) in [6.45, 7) is 3.51. The molecule has 0 rings (SSSR count). The first kappa shape index (κ1) is 10.9. The fraction of sp³-hybridized carbons (Fsp3) is 0.714. The largest absolute Gasteiger partial charge is 0.463 e. The van der Waals surface area contributed by atoms with Gasteiger partial charge < -0.3 is 4.74 Å². The van der Waals surface area contributed by atoms with Crippen molar-refractivity contribution in [1.29, 1.82) is 0 Å². The summed E-state index contributed by atoms with van der Waals surface area (Å²) < 4.78 is 5.13. The van der Waals surface area contributed by atoms with Gasteiger partial charge in [0.1, 0.15) is 6.42 Å². The number of ketones is 1. The van der Waals surface area contributed by atoms with E-state index < -0.39 is 5.97 Å². The summed E-state index contributed by atoms with van der Waals surface area (Å²) in [5.74, 6) is -0.516. The number of esters is 1. The molecule has 0 saturated heterocycles. The minimum atomic E-state index is -0.429. The van der Waals surface area contributed by atoms with E-state index in [1.54, 1.807) is 13.8 Å². The van der Waals surface area contributed by atoms with Gasteiger partial charge in [-0.3, -0.25) is 9.59 Å². The van der Waals surface area contributed by atoms with Crippen molar-refractivity contribution < 1.29 is 14.3 Å². The SMILES string of the molecule is CC(C)OC(=O)CC(=O)CI. The van der Waals surface area contributed by atoms with Gasteiger partial charge >= 0.3 is 5.97 Å². The zero-order chi connectivity index (χ0) is 8.85. The van der Waals surface area contributed by atoms with E-state index in [1.165, 1.54) is 0 Å². The van der Waals surface area contributed by atoms with Crippen LogP contribution in [0.2, 0.25) is 0 Å². The lowest BCUT2D eigenvalue weighted by molar-refractivity contribution is -0.148. The van der Waals surface area contributed by atoms with Crippen LogP contribution < -0.4 is 0 Å². The van der Waals surface area contributed by atoms with Crippen LogP contribution in [0.3, 0.4) is 0 Å². The highest BCUT2D eigenvalue weighted by molar-refractivity contribution is 14.1. The molecule has 0 amide bonds. The summed E-state index contributed by atoms with van der Waals surface area (Å²) in [5, 5.41) is 0. The molecule has 0 atom stereocenters. The number of halogens is 1. The molecular formula is C7H11IO3. The Kier molecular flexibility index (Phi) is 5.45. The van der Waals surface area contributed by atoms with E-state index in [1.807, 2.05) is 22.6 Å². The van der Waals surface area contributed by atoms with E-state index in [0.29, 0.717) is 4.43 Å². The topological polar surface area (TPSA) is 43.4 Å². The highest BCUT2D eigenvalue weighted by Crippen LogP contribution is 1.96. The van der Waals surface area contributed by atoms with Gasteiger partial charge in [0.25, 0.3) is 0 Å². The van der Waals surface area contributed by atoms with Crippen LogP contribution in [0.1, 0.15) is 20.3 Å². The number of ether oxygens (including phenoxy) is 1. The molecule has 11 heavy (non-hydrogen) atoms. The molecule has 0 aromatic rings. The second-order valence-corrected chi connectivity index (χ2v) is 3.15. The fourth-order valence-corrected chi connectivity index (χ4v) is 0.782. The molecule has 0 N–H and O–H groups in total. The van der Waals surface area contributed by atoms with Crippen LogP contribution in [0, 0.1) is 0 Å². The van der Waals surface area contributed by atoms with Crippen LogP contribution in [0.25, 0.3) is 0 Å². The predicted octanol–water partition coefficient (Wildman–Crippen LogP) is 1.33. The standard InChI is InChI=1S/C7H11IO3/c1-5(2)11-7(10)3-6(9)4-8/h5H,3-4H2,1-2H3. The van der Waals surface area contributed by atoms with E-state index in [2.05, 4.69) is 0 Å². The lowest BCUT2D eigenvalue weighted by Crippen LogP contribution is -2.15. The number of hydrogen-bond donors (Lipinski definition) is 0. The van der Waals surface area contributed by atoms with E-state index >= 15 is 0 Å². The number of Topliss-reactive ketones (excluding diaryl/α,β-unsaturated/α-hetero) is 1. The highest BCUT2D eigenvalue weighted by atomic mass is 127. The summed E-state index contributed by atoms with van der Waals surface area (Å²) >= 11 is 1.92. The molecule has 0 aliphatic carbocycles. The third kappa shape index (κ3) is 6.28. The average Bonchev–Trinajstić information content (AvgIpc) is 1.85. The Morgan fingerprint density at radius 2 is 2.00 bits per heavy atom. The van der Waals surface area contributed by atoms with Crippen LogP contribution in [-0.4, -0.2) is 22.3 Å². The summed E-state index contributed by atoms with van der Waals surface area (Å²) in [6, 6.07) is 0. The van der Waals surface area contributed by atoms with Crippen molar-refractivity contribution >= 4 is 34.3 Å². The summed E-state index contributed by atoms with van der Waals surface area (Å²) in [5.41, 5.74) is 0. The Morgan fingerprint density at radius 1 is 1.45 bits per heavy atom. The van der Waals surface area contributed by atoms with E-state index in [4.69, 9.17) is 4.74 Å². The van der Waals surface area contributed by atoms with Crippen molar-refractivity contribution in [1.82, 2.24) is 0 Å². The third-order valence-electron chi connectivity index (χ3n) is 0.858. The number of carbonyl (C=O) groups excluding carboxylic acids is 2. The first-order valence-corrected chi connectivity index (χ1v) is 4.86. The van der Waals surface area contributed by atoms with Crippen molar-refractivity contribution in [3.05, 3.63) is 0 Å². The van der Waals surface area contributed by atoms with Crippen LogP contribution in [-0.2, 0) is 14.3 Å².